The Morgan fingerprint density at radius 1 is 1.13 bits per heavy atom. The number of amides is 1. The van der Waals surface area contributed by atoms with Gasteiger partial charge in [-0.2, -0.15) is 0 Å². The largest absolute Gasteiger partial charge is 0.495 e. The van der Waals surface area contributed by atoms with E-state index in [1.54, 1.807) is 7.11 Å². The lowest BCUT2D eigenvalue weighted by Crippen LogP contribution is -2.39. The molecule has 0 spiro atoms. The minimum absolute atomic E-state index is 0.203. The molecule has 0 radical (unpaired) electrons. The van der Waals surface area contributed by atoms with Gasteiger partial charge in [-0.05, 0) is 49.2 Å². The number of anilines is 1. The van der Waals surface area contributed by atoms with Crippen LogP contribution in [-0.4, -0.2) is 63.3 Å². The second-order valence-electron chi connectivity index (χ2n) is 7.26. The molecule has 1 heterocycles. The van der Waals surface area contributed by atoms with Gasteiger partial charge in [-0.25, -0.2) is 0 Å². The quantitative estimate of drug-likeness (QED) is 0.566. The SMILES string of the molecule is COc1ccccc1NC(=NCCN1CCOCC1)NC(=O)c1ccc(C)c(C)c1. The topological polar surface area (TPSA) is 75.2 Å². The Balaban J connectivity index is 1.74. The average Bonchev–Trinajstić information content (AvgIpc) is 2.76. The number of nitrogens with one attached hydrogen (secondary N) is 2. The molecule has 2 N–H and O–H groups in total. The van der Waals surface area contributed by atoms with Crippen molar-refractivity contribution in [1.29, 1.82) is 0 Å². The Hall–Kier alpha value is -2.90. The average molecular weight is 411 g/mol. The first kappa shape index (κ1) is 21.8. The number of hydrogen-bond donors (Lipinski definition) is 2. The zero-order chi connectivity index (χ0) is 21.3. The van der Waals surface area contributed by atoms with Gasteiger partial charge in [0.25, 0.3) is 5.91 Å². The lowest BCUT2D eigenvalue weighted by atomic mass is 10.1. The summed E-state index contributed by atoms with van der Waals surface area (Å²) in [6.07, 6.45) is 0. The van der Waals surface area contributed by atoms with E-state index in [0.717, 1.165) is 49.7 Å². The molecule has 1 fully saturated rings. The minimum Gasteiger partial charge on any atom is -0.495 e. The first-order valence-corrected chi connectivity index (χ1v) is 10.2. The number of benzene rings is 2. The summed E-state index contributed by atoms with van der Waals surface area (Å²) in [5.74, 6) is 0.875. The van der Waals surface area contributed by atoms with Crippen molar-refractivity contribution in [3.8, 4) is 5.75 Å². The summed E-state index contributed by atoms with van der Waals surface area (Å²) in [4.78, 5) is 19.8. The summed E-state index contributed by atoms with van der Waals surface area (Å²) in [6, 6.07) is 13.2. The number of morpholine rings is 1. The Bertz CT molecular complexity index is 892. The highest BCUT2D eigenvalue weighted by molar-refractivity contribution is 6.10. The summed E-state index contributed by atoms with van der Waals surface area (Å²) >= 11 is 0. The zero-order valence-electron chi connectivity index (χ0n) is 17.9. The van der Waals surface area contributed by atoms with Crippen LogP contribution in [0.3, 0.4) is 0 Å². The number of aryl methyl sites for hydroxylation is 2. The lowest BCUT2D eigenvalue weighted by molar-refractivity contribution is 0.0394. The van der Waals surface area contributed by atoms with Crippen molar-refractivity contribution in [2.75, 3.05) is 51.8 Å². The molecule has 7 heteroatoms. The molecule has 2 aromatic rings. The number of nitrogens with zero attached hydrogens (tertiary/aromatic N) is 2. The Morgan fingerprint density at radius 2 is 1.90 bits per heavy atom. The molecule has 7 nitrogen and oxygen atoms in total. The number of hydrogen-bond acceptors (Lipinski definition) is 5. The molecule has 160 valence electrons. The molecule has 2 aromatic carbocycles. The van der Waals surface area contributed by atoms with Crippen molar-refractivity contribution >= 4 is 17.6 Å². The number of carbonyl (C=O) groups excluding carboxylic acids is 1. The fourth-order valence-corrected chi connectivity index (χ4v) is 3.18. The smallest absolute Gasteiger partial charge is 0.257 e. The Kier molecular flexibility index (Phi) is 7.82. The van der Waals surface area contributed by atoms with Crippen LogP contribution >= 0.6 is 0 Å². The number of aliphatic imine (C=N–C) groups is 1. The number of guanidine groups is 1. The van der Waals surface area contributed by atoms with Crippen molar-refractivity contribution in [3.63, 3.8) is 0 Å². The van der Waals surface area contributed by atoms with E-state index in [1.165, 1.54) is 0 Å². The Morgan fingerprint density at radius 3 is 2.63 bits per heavy atom. The molecular formula is C23H30N4O3. The van der Waals surface area contributed by atoms with E-state index in [1.807, 2.05) is 56.3 Å². The molecule has 0 aromatic heterocycles. The van der Waals surface area contributed by atoms with Crippen molar-refractivity contribution < 1.29 is 14.3 Å². The van der Waals surface area contributed by atoms with Gasteiger partial charge in [0.05, 0.1) is 32.6 Å². The van der Waals surface area contributed by atoms with E-state index in [-0.39, 0.29) is 5.91 Å². The van der Waals surface area contributed by atoms with Crippen molar-refractivity contribution in [3.05, 3.63) is 59.2 Å². The van der Waals surface area contributed by atoms with Crippen LogP contribution in [0.4, 0.5) is 5.69 Å². The van der Waals surface area contributed by atoms with Gasteiger partial charge < -0.3 is 14.8 Å². The minimum atomic E-state index is -0.203. The Labute approximate surface area is 178 Å². The molecule has 0 atom stereocenters. The molecule has 0 unspecified atom stereocenters. The second kappa shape index (κ2) is 10.8. The predicted molar refractivity (Wildman–Crippen MR) is 120 cm³/mol. The van der Waals surface area contributed by atoms with Crippen LogP contribution in [0.2, 0.25) is 0 Å². The standard InChI is InChI=1S/C23H30N4O3/c1-17-8-9-19(16-18(17)2)22(28)26-23(24-10-11-27-12-14-30-15-13-27)25-20-6-4-5-7-21(20)29-3/h4-9,16H,10-15H2,1-3H3,(H2,24,25,26,28). The van der Waals surface area contributed by atoms with E-state index in [0.29, 0.717) is 23.8 Å². The normalized spacial score (nSPS) is 15.0. The molecule has 1 aliphatic rings. The van der Waals surface area contributed by atoms with Crippen LogP contribution in [0.15, 0.2) is 47.5 Å². The van der Waals surface area contributed by atoms with Gasteiger partial charge in [-0.3, -0.25) is 20.0 Å². The summed E-state index contributed by atoms with van der Waals surface area (Å²) in [5, 5.41) is 6.13. The zero-order valence-corrected chi connectivity index (χ0v) is 17.9. The highest BCUT2D eigenvalue weighted by atomic mass is 16.5. The fraction of sp³-hybridized carbons (Fsp3) is 0.391. The maximum absolute atomic E-state index is 12.8. The van der Waals surface area contributed by atoms with Crippen LogP contribution < -0.4 is 15.4 Å². The van der Waals surface area contributed by atoms with E-state index < -0.39 is 0 Å². The third-order valence-corrected chi connectivity index (χ3v) is 5.15. The molecule has 1 amide bonds. The third-order valence-electron chi connectivity index (χ3n) is 5.15. The molecule has 0 aliphatic carbocycles. The van der Waals surface area contributed by atoms with Crippen LogP contribution in [0, 0.1) is 13.8 Å². The van der Waals surface area contributed by atoms with Crippen LogP contribution in [0.25, 0.3) is 0 Å². The molecule has 0 saturated carbocycles. The third kappa shape index (κ3) is 6.05. The molecule has 1 aliphatic heterocycles. The number of para-hydroxylation sites is 2. The number of rotatable bonds is 6. The predicted octanol–water partition coefficient (Wildman–Crippen LogP) is 2.84. The van der Waals surface area contributed by atoms with Gasteiger partial charge in [-0.15, -0.1) is 0 Å². The van der Waals surface area contributed by atoms with Gasteiger partial charge in [0.15, 0.2) is 0 Å². The van der Waals surface area contributed by atoms with E-state index in [4.69, 9.17) is 9.47 Å². The van der Waals surface area contributed by atoms with Gasteiger partial charge >= 0.3 is 0 Å². The highest BCUT2D eigenvalue weighted by Crippen LogP contribution is 2.22. The van der Waals surface area contributed by atoms with Gasteiger partial charge in [-0.1, -0.05) is 18.2 Å². The van der Waals surface area contributed by atoms with E-state index >= 15 is 0 Å². The van der Waals surface area contributed by atoms with Gasteiger partial charge in [0.1, 0.15) is 5.75 Å². The van der Waals surface area contributed by atoms with Crippen LogP contribution in [0.1, 0.15) is 21.5 Å². The summed E-state index contributed by atoms with van der Waals surface area (Å²) < 4.78 is 10.8. The molecular weight excluding hydrogens is 380 g/mol. The molecule has 30 heavy (non-hydrogen) atoms. The van der Waals surface area contributed by atoms with Gasteiger partial charge in [0.2, 0.25) is 5.96 Å². The first-order valence-electron chi connectivity index (χ1n) is 10.2. The summed E-state index contributed by atoms with van der Waals surface area (Å²) in [5.41, 5.74) is 3.57. The lowest BCUT2D eigenvalue weighted by Gasteiger charge is -2.25. The maximum atomic E-state index is 12.8. The van der Waals surface area contributed by atoms with Crippen molar-refractivity contribution in [2.24, 2.45) is 4.99 Å². The fourth-order valence-electron chi connectivity index (χ4n) is 3.18. The molecule has 0 bridgehead atoms. The highest BCUT2D eigenvalue weighted by Gasteiger charge is 2.13. The monoisotopic (exact) mass is 410 g/mol. The van der Waals surface area contributed by atoms with E-state index in [9.17, 15) is 4.79 Å². The van der Waals surface area contributed by atoms with Crippen LogP contribution in [-0.2, 0) is 4.74 Å². The maximum Gasteiger partial charge on any atom is 0.257 e. The van der Waals surface area contributed by atoms with E-state index in [2.05, 4.69) is 20.5 Å². The number of ether oxygens (including phenoxy) is 2. The summed E-state index contributed by atoms with van der Waals surface area (Å²) in [7, 11) is 1.61. The molecule has 3 rings (SSSR count). The number of carbonyl (C=O) groups is 1. The van der Waals surface area contributed by atoms with Gasteiger partial charge in [0, 0.05) is 25.2 Å². The van der Waals surface area contributed by atoms with Crippen molar-refractivity contribution in [2.45, 2.75) is 13.8 Å². The summed E-state index contributed by atoms with van der Waals surface area (Å²) in [6.45, 7) is 8.69. The molecule has 1 saturated heterocycles. The second-order valence-corrected chi connectivity index (χ2v) is 7.26. The van der Waals surface area contributed by atoms with Crippen LogP contribution in [0.5, 0.6) is 5.75 Å². The first-order chi connectivity index (χ1) is 14.6. The van der Waals surface area contributed by atoms with Crippen molar-refractivity contribution in [1.82, 2.24) is 10.2 Å². The number of methoxy groups -OCH3 is 1.